The lowest BCUT2D eigenvalue weighted by Crippen LogP contribution is -2.34. The van der Waals surface area contributed by atoms with Gasteiger partial charge < -0.3 is 10.4 Å². The van der Waals surface area contributed by atoms with Gasteiger partial charge in [-0.15, -0.1) is 11.3 Å². The molecule has 0 atom stereocenters. The first-order valence-corrected chi connectivity index (χ1v) is 9.53. The van der Waals surface area contributed by atoms with E-state index < -0.39 is 5.97 Å². The number of hydrogen-bond acceptors (Lipinski definition) is 3. The maximum atomic E-state index is 11.0. The lowest BCUT2D eigenvalue weighted by molar-refractivity contribution is -0.142. The molecule has 23 heavy (non-hydrogen) atoms. The summed E-state index contributed by atoms with van der Waals surface area (Å²) in [6, 6.07) is 13.1. The second-order valence-electron chi connectivity index (χ2n) is 6.04. The van der Waals surface area contributed by atoms with Crippen LogP contribution in [0.2, 0.25) is 0 Å². The lowest BCUT2D eigenvalue weighted by atomic mass is 9.86. The summed E-state index contributed by atoms with van der Waals surface area (Å²) in [6.07, 6.45) is 3.50. The molecule has 0 aliphatic heterocycles. The van der Waals surface area contributed by atoms with Crippen LogP contribution in [0.1, 0.15) is 30.6 Å². The fourth-order valence-electron chi connectivity index (χ4n) is 3.06. The van der Waals surface area contributed by atoms with Crippen LogP contribution in [-0.2, 0) is 11.3 Å². The van der Waals surface area contributed by atoms with Crippen molar-refractivity contribution in [1.29, 1.82) is 0 Å². The number of thiophene rings is 1. The highest BCUT2D eigenvalue weighted by atomic mass is 79.9. The molecule has 0 amide bonds. The van der Waals surface area contributed by atoms with Gasteiger partial charge in [0.15, 0.2) is 0 Å². The molecule has 0 bridgehead atoms. The molecule has 1 saturated carbocycles. The van der Waals surface area contributed by atoms with Gasteiger partial charge in [-0.3, -0.25) is 4.79 Å². The van der Waals surface area contributed by atoms with Crippen molar-refractivity contribution in [3.63, 3.8) is 0 Å². The molecule has 0 unspecified atom stereocenters. The van der Waals surface area contributed by atoms with Crippen LogP contribution in [0, 0.1) is 5.92 Å². The number of benzene rings is 1. The summed E-state index contributed by atoms with van der Waals surface area (Å²) in [4.78, 5) is 13.6. The van der Waals surface area contributed by atoms with Crippen molar-refractivity contribution in [3.8, 4) is 10.4 Å². The van der Waals surface area contributed by atoms with Crippen LogP contribution in [0.5, 0.6) is 0 Å². The van der Waals surface area contributed by atoms with Crippen molar-refractivity contribution in [2.24, 2.45) is 5.92 Å². The average molecular weight is 394 g/mol. The number of rotatable bonds is 5. The summed E-state index contributed by atoms with van der Waals surface area (Å²) in [5, 5.41) is 12.6. The normalized spacial score (nSPS) is 21.3. The Bertz CT molecular complexity index is 677. The van der Waals surface area contributed by atoms with Crippen LogP contribution >= 0.6 is 27.3 Å². The summed E-state index contributed by atoms with van der Waals surface area (Å²) >= 11 is 5.33. The van der Waals surface area contributed by atoms with E-state index in [1.165, 1.54) is 15.3 Å². The third-order valence-electron chi connectivity index (χ3n) is 4.41. The molecule has 3 rings (SSSR count). The smallest absolute Gasteiger partial charge is 0.306 e. The lowest BCUT2D eigenvalue weighted by Gasteiger charge is -2.26. The van der Waals surface area contributed by atoms with Crippen LogP contribution < -0.4 is 5.32 Å². The van der Waals surface area contributed by atoms with E-state index in [-0.39, 0.29) is 5.92 Å². The molecule has 1 aliphatic rings. The minimum absolute atomic E-state index is 0.141. The number of halogens is 1. The van der Waals surface area contributed by atoms with Gasteiger partial charge in [0.05, 0.1) is 5.92 Å². The molecular formula is C18H20BrNO2S. The van der Waals surface area contributed by atoms with Gasteiger partial charge in [-0.25, -0.2) is 0 Å². The van der Waals surface area contributed by atoms with Crippen molar-refractivity contribution in [2.75, 3.05) is 0 Å². The van der Waals surface area contributed by atoms with Gasteiger partial charge in [-0.05, 0) is 55.5 Å². The first-order valence-electron chi connectivity index (χ1n) is 7.92. The molecule has 1 aliphatic carbocycles. The standard InChI is InChI=1S/C18H20BrNO2S/c19-14-3-1-2-13(10-14)17-9-8-16(23-17)11-20-15-6-4-12(5-7-15)18(21)22/h1-3,8-10,12,15,20H,4-7,11H2,(H,21,22). The minimum Gasteiger partial charge on any atom is -0.481 e. The fourth-order valence-corrected chi connectivity index (χ4v) is 4.41. The molecule has 2 N–H and O–H groups in total. The second-order valence-corrected chi connectivity index (χ2v) is 8.13. The predicted octanol–water partition coefficient (Wildman–Crippen LogP) is 4.91. The topological polar surface area (TPSA) is 49.3 Å². The van der Waals surface area contributed by atoms with Crippen LogP contribution in [0.4, 0.5) is 0 Å². The highest BCUT2D eigenvalue weighted by Gasteiger charge is 2.25. The summed E-state index contributed by atoms with van der Waals surface area (Å²) in [6.45, 7) is 0.862. The van der Waals surface area contributed by atoms with Crippen molar-refractivity contribution < 1.29 is 9.90 Å². The van der Waals surface area contributed by atoms with Crippen LogP contribution in [0.3, 0.4) is 0 Å². The molecule has 5 heteroatoms. The summed E-state index contributed by atoms with van der Waals surface area (Å²) in [7, 11) is 0. The SMILES string of the molecule is O=C(O)C1CCC(NCc2ccc(-c3cccc(Br)c3)s2)CC1. The second kappa shape index (κ2) is 7.60. The van der Waals surface area contributed by atoms with Crippen molar-refractivity contribution >= 4 is 33.2 Å². The molecule has 1 heterocycles. The first kappa shape index (κ1) is 16.7. The van der Waals surface area contributed by atoms with E-state index in [2.05, 4.69) is 51.6 Å². The maximum absolute atomic E-state index is 11.0. The van der Waals surface area contributed by atoms with E-state index in [4.69, 9.17) is 5.11 Å². The Labute approximate surface area is 148 Å². The number of aliphatic carboxylic acids is 1. The highest BCUT2D eigenvalue weighted by Crippen LogP contribution is 2.30. The van der Waals surface area contributed by atoms with Gasteiger partial charge >= 0.3 is 5.97 Å². The van der Waals surface area contributed by atoms with Gasteiger partial charge in [-0.1, -0.05) is 28.1 Å². The number of carboxylic acid groups (broad SMARTS) is 1. The predicted molar refractivity (Wildman–Crippen MR) is 97.7 cm³/mol. The van der Waals surface area contributed by atoms with Gasteiger partial charge in [0.25, 0.3) is 0 Å². The van der Waals surface area contributed by atoms with Crippen LogP contribution in [0.25, 0.3) is 10.4 Å². The summed E-state index contributed by atoms with van der Waals surface area (Å²) in [5.74, 6) is -0.779. The van der Waals surface area contributed by atoms with Gasteiger partial charge in [0.2, 0.25) is 0 Å². The Hall–Kier alpha value is -1.17. The summed E-state index contributed by atoms with van der Waals surface area (Å²) in [5.41, 5.74) is 1.23. The number of hydrogen-bond donors (Lipinski definition) is 2. The Balaban J connectivity index is 1.53. The van der Waals surface area contributed by atoms with Crippen LogP contribution in [0.15, 0.2) is 40.9 Å². The van der Waals surface area contributed by atoms with E-state index in [0.717, 1.165) is 36.7 Å². The highest BCUT2D eigenvalue weighted by molar-refractivity contribution is 9.10. The largest absolute Gasteiger partial charge is 0.481 e. The minimum atomic E-state index is -0.639. The number of carboxylic acids is 1. The summed E-state index contributed by atoms with van der Waals surface area (Å²) < 4.78 is 1.10. The quantitative estimate of drug-likeness (QED) is 0.758. The van der Waals surface area contributed by atoms with Crippen LogP contribution in [-0.4, -0.2) is 17.1 Å². The molecule has 1 aromatic carbocycles. The zero-order chi connectivity index (χ0) is 16.2. The van der Waals surface area contributed by atoms with Crippen molar-refractivity contribution in [3.05, 3.63) is 45.7 Å². The molecule has 2 aromatic rings. The zero-order valence-corrected chi connectivity index (χ0v) is 15.2. The van der Waals surface area contributed by atoms with Crippen molar-refractivity contribution in [1.82, 2.24) is 5.32 Å². The monoisotopic (exact) mass is 393 g/mol. The van der Waals surface area contributed by atoms with E-state index in [0.29, 0.717) is 6.04 Å². The molecule has 0 spiro atoms. The molecule has 0 radical (unpaired) electrons. The molecular weight excluding hydrogens is 374 g/mol. The molecule has 0 saturated heterocycles. The maximum Gasteiger partial charge on any atom is 0.306 e. The Kier molecular flexibility index (Phi) is 5.51. The molecule has 1 fully saturated rings. The Morgan fingerprint density at radius 3 is 2.70 bits per heavy atom. The van der Waals surface area contributed by atoms with E-state index in [1.54, 1.807) is 0 Å². The number of nitrogens with one attached hydrogen (secondary N) is 1. The van der Waals surface area contributed by atoms with E-state index >= 15 is 0 Å². The first-order chi connectivity index (χ1) is 11.1. The fraction of sp³-hybridized carbons (Fsp3) is 0.389. The zero-order valence-electron chi connectivity index (χ0n) is 12.8. The average Bonchev–Trinajstić information content (AvgIpc) is 3.02. The van der Waals surface area contributed by atoms with Crippen molar-refractivity contribution in [2.45, 2.75) is 38.3 Å². The third-order valence-corrected chi connectivity index (χ3v) is 6.04. The van der Waals surface area contributed by atoms with E-state index in [1.807, 2.05) is 17.4 Å². The van der Waals surface area contributed by atoms with Gasteiger partial charge in [0.1, 0.15) is 0 Å². The number of carbonyl (C=O) groups is 1. The van der Waals surface area contributed by atoms with Gasteiger partial charge in [0, 0.05) is 26.8 Å². The molecule has 122 valence electrons. The Morgan fingerprint density at radius 2 is 2.00 bits per heavy atom. The van der Waals surface area contributed by atoms with E-state index in [9.17, 15) is 4.79 Å². The van der Waals surface area contributed by atoms with Gasteiger partial charge in [-0.2, -0.15) is 0 Å². The molecule has 3 nitrogen and oxygen atoms in total. The molecule has 1 aromatic heterocycles. The third kappa shape index (κ3) is 4.43. The Morgan fingerprint density at radius 1 is 1.22 bits per heavy atom.